The summed E-state index contributed by atoms with van der Waals surface area (Å²) in [4.78, 5) is 22.4. The lowest BCUT2D eigenvalue weighted by Crippen LogP contribution is -2.23. The lowest BCUT2D eigenvalue weighted by Gasteiger charge is -2.12. The smallest absolute Gasteiger partial charge is 0.316 e. The Labute approximate surface area is 85.1 Å². The van der Waals surface area contributed by atoms with Gasteiger partial charge in [-0.15, -0.1) is 0 Å². The second-order valence-corrected chi connectivity index (χ2v) is 3.67. The number of hydrogen-bond donors (Lipinski definition) is 0. The van der Waals surface area contributed by atoms with Gasteiger partial charge in [0.25, 0.3) is 0 Å². The maximum Gasteiger partial charge on any atom is 0.316 e. The highest BCUT2D eigenvalue weighted by molar-refractivity contribution is 5.97. The molecule has 1 unspecified atom stereocenters. The Balaban J connectivity index is 4.64. The molecule has 0 bridgehead atoms. The normalized spacial score (nSPS) is 11.8. The molecule has 80 valence electrons. The molecule has 0 N–H and O–H groups in total. The summed E-state index contributed by atoms with van der Waals surface area (Å²) in [5.41, 5.74) is 2.20. The Hall–Kier alpha value is -1.12. The Morgan fingerprint density at radius 3 is 1.93 bits per heavy atom. The molecule has 0 aliphatic rings. The highest BCUT2D eigenvalue weighted by Gasteiger charge is 2.24. The largest absolute Gasteiger partial charge is 0.468 e. The first-order chi connectivity index (χ1) is 6.40. The third kappa shape index (κ3) is 3.73. The van der Waals surface area contributed by atoms with Crippen molar-refractivity contribution in [2.45, 2.75) is 34.1 Å². The van der Waals surface area contributed by atoms with Crippen molar-refractivity contribution in [3.05, 3.63) is 11.1 Å². The molecule has 0 fully saturated rings. The van der Waals surface area contributed by atoms with E-state index in [4.69, 9.17) is 0 Å². The number of allylic oxidation sites excluding steroid dienone is 2. The van der Waals surface area contributed by atoms with E-state index in [1.807, 2.05) is 20.8 Å². The lowest BCUT2D eigenvalue weighted by molar-refractivity contribution is -0.148. The zero-order valence-electron chi connectivity index (χ0n) is 9.51. The van der Waals surface area contributed by atoms with E-state index in [1.54, 1.807) is 0 Å². The van der Waals surface area contributed by atoms with E-state index < -0.39 is 11.9 Å². The van der Waals surface area contributed by atoms with Crippen LogP contribution in [0.1, 0.15) is 34.1 Å². The Morgan fingerprint density at radius 2 is 1.64 bits per heavy atom. The van der Waals surface area contributed by atoms with Gasteiger partial charge in [0.2, 0.25) is 0 Å². The van der Waals surface area contributed by atoms with E-state index in [9.17, 15) is 9.59 Å². The summed E-state index contributed by atoms with van der Waals surface area (Å²) < 4.78 is 4.57. The van der Waals surface area contributed by atoms with Crippen LogP contribution in [0.2, 0.25) is 0 Å². The van der Waals surface area contributed by atoms with Crippen molar-refractivity contribution < 1.29 is 14.3 Å². The summed E-state index contributed by atoms with van der Waals surface area (Å²) in [5, 5.41) is 0. The predicted molar refractivity (Wildman–Crippen MR) is 54.9 cm³/mol. The molecular weight excluding hydrogens is 180 g/mol. The minimum Gasteiger partial charge on any atom is -0.468 e. The second kappa shape index (κ2) is 5.58. The highest BCUT2D eigenvalue weighted by Crippen LogP contribution is 2.16. The van der Waals surface area contributed by atoms with Gasteiger partial charge in [0.05, 0.1) is 7.11 Å². The van der Waals surface area contributed by atoms with Gasteiger partial charge in [-0.3, -0.25) is 9.59 Å². The molecule has 0 aliphatic carbocycles. The molecule has 1 atom stereocenters. The molecule has 0 spiro atoms. The summed E-state index contributed by atoms with van der Waals surface area (Å²) in [6.45, 7) is 7.27. The fourth-order valence-electron chi connectivity index (χ4n) is 1.05. The van der Waals surface area contributed by atoms with E-state index in [1.165, 1.54) is 14.0 Å². The SMILES string of the molecule is COC(=O)C(CC(C)=C(C)C)C(C)=O. The molecule has 0 aromatic carbocycles. The fraction of sp³-hybridized carbons (Fsp3) is 0.636. The van der Waals surface area contributed by atoms with Gasteiger partial charge in [-0.1, -0.05) is 11.1 Å². The summed E-state index contributed by atoms with van der Waals surface area (Å²) in [5.74, 6) is -1.23. The first-order valence-corrected chi connectivity index (χ1v) is 4.61. The van der Waals surface area contributed by atoms with Crippen molar-refractivity contribution in [3.63, 3.8) is 0 Å². The van der Waals surface area contributed by atoms with E-state index >= 15 is 0 Å². The molecule has 0 rings (SSSR count). The van der Waals surface area contributed by atoms with Crippen LogP contribution in [0, 0.1) is 5.92 Å². The molecular formula is C11H18O3. The van der Waals surface area contributed by atoms with Crippen LogP contribution in [0.4, 0.5) is 0 Å². The molecule has 0 aromatic heterocycles. The minimum atomic E-state index is -0.644. The number of ketones is 1. The Morgan fingerprint density at radius 1 is 1.14 bits per heavy atom. The van der Waals surface area contributed by atoms with Crippen LogP contribution in [0.5, 0.6) is 0 Å². The van der Waals surface area contributed by atoms with Gasteiger partial charge < -0.3 is 4.74 Å². The van der Waals surface area contributed by atoms with Crippen LogP contribution >= 0.6 is 0 Å². The van der Waals surface area contributed by atoms with Crippen LogP contribution in [0.3, 0.4) is 0 Å². The molecule has 0 aliphatic heterocycles. The minimum absolute atomic E-state index is 0.141. The summed E-state index contributed by atoms with van der Waals surface area (Å²) in [6.07, 6.45) is 0.463. The number of carbonyl (C=O) groups is 2. The summed E-state index contributed by atoms with van der Waals surface area (Å²) in [7, 11) is 1.30. The van der Waals surface area contributed by atoms with E-state index in [0.29, 0.717) is 6.42 Å². The first-order valence-electron chi connectivity index (χ1n) is 4.61. The fourth-order valence-corrected chi connectivity index (χ4v) is 1.05. The monoisotopic (exact) mass is 198 g/mol. The van der Waals surface area contributed by atoms with Crippen molar-refractivity contribution >= 4 is 11.8 Å². The van der Waals surface area contributed by atoms with Gasteiger partial charge in [0, 0.05) is 0 Å². The molecule has 0 heterocycles. The molecule has 0 saturated heterocycles. The van der Waals surface area contributed by atoms with Crippen LogP contribution in [-0.4, -0.2) is 18.9 Å². The standard InChI is InChI=1S/C11H18O3/c1-7(2)8(3)6-10(9(4)12)11(13)14-5/h10H,6H2,1-5H3. The molecule has 0 radical (unpaired) electrons. The van der Waals surface area contributed by atoms with Gasteiger partial charge in [0.15, 0.2) is 0 Å². The quantitative estimate of drug-likeness (QED) is 0.395. The predicted octanol–water partition coefficient (Wildman–Crippen LogP) is 2.11. The number of hydrogen-bond acceptors (Lipinski definition) is 3. The Bertz CT molecular complexity index is 260. The van der Waals surface area contributed by atoms with E-state index in [0.717, 1.165) is 11.1 Å². The van der Waals surface area contributed by atoms with Gasteiger partial charge in [0.1, 0.15) is 11.7 Å². The third-order valence-corrected chi connectivity index (χ3v) is 2.34. The molecule has 0 saturated carbocycles. The molecule has 0 amide bonds. The number of rotatable bonds is 4. The first kappa shape index (κ1) is 12.9. The van der Waals surface area contributed by atoms with Crippen LogP contribution in [0.15, 0.2) is 11.1 Å². The molecule has 3 nitrogen and oxygen atoms in total. The van der Waals surface area contributed by atoms with Gasteiger partial charge in [-0.05, 0) is 34.1 Å². The van der Waals surface area contributed by atoms with Crippen LogP contribution in [0.25, 0.3) is 0 Å². The maximum atomic E-state index is 11.2. The van der Waals surface area contributed by atoms with Gasteiger partial charge in [-0.25, -0.2) is 0 Å². The van der Waals surface area contributed by atoms with Crippen molar-refractivity contribution in [2.75, 3.05) is 7.11 Å². The zero-order valence-corrected chi connectivity index (χ0v) is 9.51. The highest BCUT2D eigenvalue weighted by atomic mass is 16.5. The molecule has 0 aromatic rings. The van der Waals surface area contributed by atoms with Crippen LogP contribution < -0.4 is 0 Å². The van der Waals surface area contributed by atoms with Gasteiger partial charge in [-0.2, -0.15) is 0 Å². The Kier molecular flexibility index (Phi) is 5.13. The molecule has 14 heavy (non-hydrogen) atoms. The zero-order chi connectivity index (χ0) is 11.3. The second-order valence-electron chi connectivity index (χ2n) is 3.67. The summed E-state index contributed by atoms with van der Waals surface area (Å²) >= 11 is 0. The van der Waals surface area contributed by atoms with E-state index in [2.05, 4.69) is 4.74 Å². The number of Topliss-reactive ketones (excluding diaryl/α,β-unsaturated/α-hetero) is 1. The molecule has 3 heteroatoms. The van der Waals surface area contributed by atoms with E-state index in [-0.39, 0.29) is 5.78 Å². The number of ether oxygens (including phenoxy) is 1. The number of esters is 1. The van der Waals surface area contributed by atoms with Crippen molar-refractivity contribution in [1.82, 2.24) is 0 Å². The van der Waals surface area contributed by atoms with Crippen molar-refractivity contribution in [2.24, 2.45) is 5.92 Å². The average molecular weight is 198 g/mol. The third-order valence-electron chi connectivity index (χ3n) is 2.34. The number of carbonyl (C=O) groups excluding carboxylic acids is 2. The average Bonchev–Trinajstić information content (AvgIpc) is 2.11. The summed E-state index contributed by atoms with van der Waals surface area (Å²) in [6, 6.07) is 0. The lowest BCUT2D eigenvalue weighted by atomic mass is 9.95. The topological polar surface area (TPSA) is 43.4 Å². The van der Waals surface area contributed by atoms with Crippen LogP contribution in [-0.2, 0) is 14.3 Å². The van der Waals surface area contributed by atoms with Gasteiger partial charge >= 0.3 is 5.97 Å². The number of methoxy groups -OCH3 is 1. The van der Waals surface area contributed by atoms with Crippen molar-refractivity contribution in [1.29, 1.82) is 0 Å². The van der Waals surface area contributed by atoms with Crippen molar-refractivity contribution in [3.8, 4) is 0 Å². The maximum absolute atomic E-state index is 11.2.